The first-order valence-electron chi connectivity index (χ1n) is 6.44. The van der Waals surface area contributed by atoms with Crippen molar-refractivity contribution in [1.82, 2.24) is 0 Å². The summed E-state index contributed by atoms with van der Waals surface area (Å²) in [5.74, 6) is -0.188. The van der Waals surface area contributed by atoms with Gasteiger partial charge in [0.25, 0.3) is 0 Å². The lowest BCUT2D eigenvalue weighted by Gasteiger charge is -2.20. The maximum Gasteiger partial charge on any atom is 0.321 e. The summed E-state index contributed by atoms with van der Waals surface area (Å²) in [5.41, 5.74) is 0. The van der Waals surface area contributed by atoms with Crippen molar-refractivity contribution in [2.75, 3.05) is 6.61 Å². The van der Waals surface area contributed by atoms with Crippen LogP contribution in [0.4, 0.5) is 0 Å². The van der Waals surface area contributed by atoms with Crippen LogP contribution in [0.5, 0.6) is 0 Å². The van der Waals surface area contributed by atoms with Crippen LogP contribution in [-0.2, 0) is 9.53 Å². The molecule has 2 nitrogen and oxygen atoms in total. The van der Waals surface area contributed by atoms with Gasteiger partial charge in [-0.25, -0.2) is 0 Å². The molecule has 0 aromatic heterocycles. The molecule has 0 bridgehead atoms. The minimum absolute atomic E-state index is 0.188. The van der Waals surface area contributed by atoms with Crippen LogP contribution in [0, 0.1) is 0 Å². The Morgan fingerprint density at radius 2 is 1.69 bits per heavy atom. The number of carbonyl (C=O) groups is 1. The first-order chi connectivity index (χ1) is 7.54. The van der Waals surface area contributed by atoms with Gasteiger partial charge in [-0.15, -0.1) is 0 Å². The number of unbranched alkanes of at least 4 members (excludes halogenated alkanes) is 5. The van der Waals surface area contributed by atoms with Crippen molar-refractivity contribution in [3.05, 3.63) is 0 Å². The van der Waals surface area contributed by atoms with Crippen molar-refractivity contribution in [3.8, 4) is 0 Å². The Balaban J connectivity index is 3.61. The van der Waals surface area contributed by atoms with Crippen LogP contribution in [0.15, 0.2) is 0 Å². The van der Waals surface area contributed by atoms with Crippen molar-refractivity contribution >= 4 is 18.6 Å². The van der Waals surface area contributed by atoms with Gasteiger partial charge in [-0.3, -0.25) is 4.79 Å². The zero-order valence-electron chi connectivity index (χ0n) is 10.9. The summed E-state index contributed by atoms with van der Waals surface area (Å²) >= 11 is 4.38. The lowest BCUT2D eigenvalue weighted by Crippen LogP contribution is -2.31. The van der Waals surface area contributed by atoms with Gasteiger partial charge >= 0.3 is 5.97 Å². The Kier molecular flexibility index (Phi) is 8.81. The van der Waals surface area contributed by atoms with Gasteiger partial charge in [0.2, 0.25) is 0 Å². The molecule has 96 valence electrons. The van der Waals surface area contributed by atoms with E-state index in [1.807, 2.05) is 13.8 Å². The van der Waals surface area contributed by atoms with E-state index in [9.17, 15) is 4.79 Å². The van der Waals surface area contributed by atoms with Crippen LogP contribution in [0.2, 0.25) is 0 Å². The normalized spacial score (nSPS) is 14.5. The molecule has 0 saturated carbocycles. The Labute approximate surface area is 106 Å². The van der Waals surface area contributed by atoms with E-state index in [2.05, 4.69) is 19.6 Å². The quantitative estimate of drug-likeness (QED) is 0.378. The van der Waals surface area contributed by atoms with E-state index in [0.29, 0.717) is 6.61 Å². The number of rotatable bonds is 9. The highest BCUT2D eigenvalue weighted by atomic mass is 32.1. The third kappa shape index (κ3) is 7.15. The van der Waals surface area contributed by atoms with E-state index in [1.54, 1.807) is 0 Å². The van der Waals surface area contributed by atoms with Gasteiger partial charge in [-0.1, -0.05) is 45.4 Å². The number of carbonyl (C=O) groups excluding carboxylic acids is 1. The number of thiol groups is 1. The smallest absolute Gasteiger partial charge is 0.321 e. The maximum atomic E-state index is 11.5. The van der Waals surface area contributed by atoms with E-state index in [4.69, 9.17) is 4.74 Å². The van der Waals surface area contributed by atoms with Gasteiger partial charge < -0.3 is 4.74 Å². The molecule has 16 heavy (non-hydrogen) atoms. The highest BCUT2D eigenvalue weighted by molar-refractivity contribution is 7.82. The van der Waals surface area contributed by atoms with Gasteiger partial charge in [0.05, 0.1) is 6.61 Å². The van der Waals surface area contributed by atoms with Crippen LogP contribution in [0.25, 0.3) is 0 Å². The summed E-state index contributed by atoms with van der Waals surface area (Å²) in [5, 5.41) is 0. The molecule has 0 saturated heterocycles. The summed E-state index contributed by atoms with van der Waals surface area (Å²) in [7, 11) is 0. The van der Waals surface area contributed by atoms with Crippen molar-refractivity contribution < 1.29 is 9.53 Å². The molecule has 1 unspecified atom stereocenters. The molecule has 1 atom stereocenters. The first-order valence-corrected chi connectivity index (χ1v) is 6.89. The summed E-state index contributed by atoms with van der Waals surface area (Å²) in [6.45, 7) is 6.32. The summed E-state index contributed by atoms with van der Waals surface area (Å²) < 4.78 is 4.38. The molecular weight excluding hydrogens is 220 g/mol. The molecule has 0 heterocycles. The lowest BCUT2D eigenvalue weighted by atomic mass is 10.0. The second kappa shape index (κ2) is 8.91. The van der Waals surface area contributed by atoms with E-state index in [1.165, 1.54) is 32.1 Å². The van der Waals surface area contributed by atoms with Crippen molar-refractivity contribution in [2.45, 2.75) is 70.5 Å². The third-order valence-corrected chi connectivity index (χ3v) is 3.14. The van der Waals surface area contributed by atoms with Crippen LogP contribution in [0.3, 0.4) is 0 Å². The maximum absolute atomic E-state index is 11.5. The van der Waals surface area contributed by atoms with E-state index in [0.717, 1.165) is 12.8 Å². The Bertz CT molecular complexity index is 190. The fourth-order valence-electron chi connectivity index (χ4n) is 1.64. The molecule has 0 aliphatic heterocycles. The lowest BCUT2D eigenvalue weighted by molar-refractivity contribution is -0.145. The predicted octanol–water partition coefficient (Wildman–Crippen LogP) is 3.99. The molecular formula is C13H26O2S. The molecule has 0 N–H and O–H groups in total. The van der Waals surface area contributed by atoms with Crippen LogP contribution in [-0.4, -0.2) is 17.3 Å². The van der Waals surface area contributed by atoms with Crippen molar-refractivity contribution in [2.24, 2.45) is 0 Å². The Hall–Kier alpha value is -0.180. The monoisotopic (exact) mass is 246 g/mol. The van der Waals surface area contributed by atoms with Gasteiger partial charge in [0.15, 0.2) is 0 Å². The van der Waals surface area contributed by atoms with Crippen molar-refractivity contribution in [3.63, 3.8) is 0 Å². The van der Waals surface area contributed by atoms with E-state index in [-0.39, 0.29) is 5.97 Å². The Morgan fingerprint density at radius 3 is 2.25 bits per heavy atom. The molecule has 0 aliphatic rings. The summed E-state index contributed by atoms with van der Waals surface area (Å²) in [6, 6.07) is 0. The fourth-order valence-corrected chi connectivity index (χ4v) is 1.86. The number of hydrogen-bond donors (Lipinski definition) is 1. The van der Waals surface area contributed by atoms with Gasteiger partial charge in [0.1, 0.15) is 4.75 Å². The number of hydrogen-bond acceptors (Lipinski definition) is 3. The average molecular weight is 246 g/mol. The summed E-state index contributed by atoms with van der Waals surface area (Å²) in [4.78, 5) is 11.5. The first kappa shape index (κ1) is 15.8. The van der Waals surface area contributed by atoms with Crippen LogP contribution in [0.1, 0.15) is 65.7 Å². The minimum Gasteiger partial charge on any atom is -0.465 e. The third-order valence-electron chi connectivity index (χ3n) is 2.73. The fraction of sp³-hybridized carbons (Fsp3) is 0.923. The standard InChI is InChI=1S/C13H26O2S/c1-4-6-7-8-9-10-11-13(3,16)12(14)15-5-2/h16H,4-11H2,1-3H3. The summed E-state index contributed by atoms with van der Waals surface area (Å²) in [6.07, 6.45) is 8.21. The predicted molar refractivity (Wildman–Crippen MR) is 72.0 cm³/mol. The van der Waals surface area contributed by atoms with Gasteiger partial charge in [-0.05, 0) is 20.3 Å². The second-order valence-electron chi connectivity index (χ2n) is 4.51. The number of esters is 1. The molecule has 0 spiro atoms. The molecule has 0 amide bonds. The SMILES string of the molecule is CCCCCCCCC(C)(S)C(=O)OCC. The van der Waals surface area contributed by atoms with E-state index >= 15 is 0 Å². The van der Waals surface area contributed by atoms with E-state index < -0.39 is 4.75 Å². The molecule has 0 aliphatic carbocycles. The molecule has 0 aromatic carbocycles. The highest BCUT2D eigenvalue weighted by Crippen LogP contribution is 2.24. The second-order valence-corrected chi connectivity index (χ2v) is 5.50. The molecule has 0 aromatic rings. The highest BCUT2D eigenvalue weighted by Gasteiger charge is 2.29. The largest absolute Gasteiger partial charge is 0.465 e. The van der Waals surface area contributed by atoms with Gasteiger partial charge in [-0.2, -0.15) is 12.6 Å². The molecule has 3 heteroatoms. The minimum atomic E-state index is -0.610. The zero-order valence-corrected chi connectivity index (χ0v) is 11.8. The topological polar surface area (TPSA) is 26.3 Å². The zero-order chi connectivity index (χ0) is 12.4. The van der Waals surface area contributed by atoms with Crippen LogP contribution >= 0.6 is 12.6 Å². The Morgan fingerprint density at radius 1 is 1.12 bits per heavy atom. The average Bonchev–Trinajstić information content (AvgIpc) is 2.23. The molecule has 0 rings (SSSR count). The van der Waals surface area contributed by atoms with Gasteiger partial charge in [0, 0.05) is 0 Å². The van der Waals surface area contributed by atoms with Crippen molar-refractivity contribution in [1.29, 1.82) is 0 Å². The number of ether oxygens (including phenoxy) is 1. The molecule has 0 fully saturated rings. The van der Waals surface area contributed by atoms with Crippen LogP contribution < -0.4 is 0 Å². The molecule has 0 radical (unpaired) electrons.